The lowest BCUT2D eigenvalue weighted by molar-refractivity contribution is -0.139. The smallest absolute Gasteiger partial charge is 0.407 e. The van der Waals surface area contributed by atoms with Gasteiger partial charge >= 0.3 is 12.1 Å². The first-order chi connectivity index (χ1) is 11.3. The molecule has 7 nitrogen and oxygen atoms in total. The van der Waals surface area contributed by atoms with E-state index in [0.29, 0.717) is 0 Å². The van der Waals surface area contributed by atoms with Gasteiger partial charge in [-0.15, -0.1) is 0 Å². The Morgan fingerprint density at radius 2 is 1.79 bits per heavy atom. The molecule has 1 aromatic rings. The standard InChI is InChI=1S/C16H21NO6S/c18-14(19)10-16(6-8-24(21,22)9-7-16)12-17-15(20)23-11-13-4-2-1-3-5-13/h1-5H,6-12H2,(H,17,20)(H,18,19). The largest absolute Gasteiger partial charge is 0.481 e. The Morgan fingerprint density at radius 1 is 1.17 bits per heavy atom. The summed E-state index contributed by atoms with van der Waals surface area (Å²) in [4.78, 5) is 22.9. The molecule has 0 spiro atoms. The van der Waals surface area contributed by atoms with Crippen molar-refractivity contribution in [2.75, 3.05) is 18.1 Å². The monoisotopic (exact) mass is 355 g/mol. The van der Waals surface area contributed by atoms with Gasteiger partial charge in [0.1, 0.15) is 16.4 Å². The number of carbonyl (C=O) groups is 2. The molecule has 132 valence electrons. The summed E-state index contributed by atoms with van der Waals surface area (Å²) in [7, 11) is -3.11. The molecule has 1 heterocycles. The van der Waals surface area contributed by atoms with E-state index in [4.69, 9.17) is 9.84 Å². The number of carbonyl (C=O) groups excluding carboxylic acids is 1. The van der Waals surface area contributed by atoms with E-state index < -0.39 is 27.3 Å². The Hall–Kier alpha value is -2.09. The summed E-state index contributed by atoms with van der Waals surface area (Å²) in [5, 5.41) is 11.7. The van der Waals surface area contributed by atoms with Crippen LogP contribution in [0.15, 0.2) is 30.3 Å². The highest BCUT2D eigenvalue weighted by molar-refractivity contribution is 7.91. The third-order valence-electron chi connectivity index (χ3n) is 4.23. The van der Waals surface area contributed by atoms with Crippen LogP contribution in [0.1, 0.15) is 24.8 Å². The Morgan fingerprint density at radius 3 is 2.38 bits per heavy atom. The highest BCUT2D eigenvalue weighted by Crippen LogP contribution is 2.35. The molecule has 2 rings (SSSR count). The van der Waals surface area contributed by atoms with Gasteiger partial charge in [0.05, 0.1) is 17.9 Å². The van der Waals surface area contributed by atoms with Crippen molar-refractivity contribution in [1.29, 1.82) is 0 Å². The lowest BCUT2D eigenvalue weighted by Crippen LogP contribution is -2.44. The maximum absolute atomic E-state index is 11.8. The second-order valence-electron chi connectivity index (χ2n) is 6.14. The third-order valence-corrected chi connectivity index (χ3v) is 5.89. The van der Waals surface area contributed by atoms with Crippen molar-refractivity contribution in [3.8, 4) is 0 Å². The molecule has 1 fully saturated rings. The van der Waals surface area contributed by atoms with Crippen molar-refractivity contribution in [3.05, 3.63) is 35.9 Å². The van der Waals surface area contributed by atoms with Crippen LogP contribution in [-0.4, -0.2) is 43.6 Å². The van der Waals surface area contributed by atoms with Crippen LogP contribution >= 0.6 is 0 Å². The van der Waals surface area contributed by atoms with Crippen molar-refractivity contribution in [1.82, 2.24) is 5.32 Å². The number of alkyl carbamates (subject to hydrolysis) is 1. The van der Waals surface area contributed by atoms with Gasteiger partial charge in [-0.1, -0.05) is 30.3 Å². The summed E-state index contributed by atoms with van der Waals surface area (Å²) >= 11 is 0. The number of benzene rings is 1. The molecule has 1 aliphatic rings. The molecule has 0 atom stereocenters. The van der Waals surface area contributed by atoms with Crippen LogP contribution < -0.4 is 5.32 Å². The fraction of sp³-hybridized carbons (Fsp3) is 0.500. The number of hydrogen-bond acceptors (Lipinski definition) is 5. The minimum Gasteiger partial charge on any atom is -0.481 e. The summed E-state index contributed by atoms with van der Waals surface area (Å²) < 4.78 is 28.2. The molecule has 0 radical (unpaired) electrons. The fourth-order valence-corrected chi connectivity index (χ4v) is 4.43. The number of carboxylic acids is 1. The van der Waals surface area contributed by atoms with Gasteiger partial charge < -0.3 is 15.2 Å². The van der Waals surface area contributed by atoms with Crippen molar-refractivity contribution in [2.45, 2.75) is 25.9 Å². The quantitative estimate of drug-likeness (QED) is 0.802. The SMILES string of the molecule is O=C(O)CC1(CNC(=O)OCc2ccccc2)CCS(=O)(=O)CC1. The van der Waals surface area contributed by atoms with E-state index in [-0.39, 0.29) is 43.9 Å². The van der Waals surface area contributed by atoms with Crippen LogP contribution in [-0.2, 0) is 26.0 Å². The van der Waals surface area contributed by atoms with Gasteiger partial charge in [-0.3, -0.25) is 4.79 Å². The van der Waals surface area contributed by atoms with Crippen molar-refractivity contribution < 1.29 is 27.9 Å². The highest BCUT2D eigenvalue weighted by atomic mass is 32.2. The van der Waals surface area contributed by atoms with Gasteiger partial charge in [-0.05, 0) is 18.4 Å². The number of rotatable bonds is 6. The molecule has 0 saturated carbocycles. The number of carboxylic acid groups (broad SMARTS) is 1. The molecule has 0 aliphatic carbocycles. The zero-order chi connectivity index (χ0) is 17.6. The van der Waals surface area contributed by atoms with Crippen molar-refractivity contribution >= 4 is 21.9 Å². The van der Waals surface area contributed by atoms with E-state index in [1.807, 2.05) is 30.3 Å². The van der Waals surface area contributed by atoms with E-state index >= 15 is 0 Å². The van der Waals surface area contributed by atoms with Crippen LogP contribution in [0.4, 0.5) is 4.79 Å². The maximum Gasteiger partial charge on any atom is 0.407 e. The molecule has 8 heteroatoms. The molecular formula is C16H21NO6S. The van der Waals surface area contributed by atoms with Gasteiger partial charge in [0.15, 0.2) is 0 Å². The van der Waals surface area contributed by atoms with E-state index in [1.54, 1.807) is 0 Å². The normalized spacial score (nSPS) is 18.5. The molecule has 1 aliphatic heterocycles. The summed E-state index contributed by atoms with van der Waals surface area (Å²) in [6.07, 6.45) is -0.375. The first kappa shape index (κ1) is 18.3. The molecule has 0 unspecified atom stereocenters. The molecule has 2 N–H and O–H groups in total. The molecule has 24 heavy (non-hydrogen) atoms. The predicted molar refractivity (Wildman–Crippen MR) is 87.2 cm³/mol. The third kappa shape index (κ3) is 5.52. The van der Waals surface area contributed by atoms with Crippen molar-refractivity contribution in [3.63, 3.8) is 0 Å². The summed E-state index contributed by atoms with van der Waals surface area (Å²) in [6, 6.07) is 9.18. The van der Waals surface area contributed by atoms with Gasteiger partial charge in [-0.25, -0.2) is 13.2 Å². The Labute approximate surface area is 140 Å². The maximum atomic E-state index is 11.8. The van der Waals surface area contributed by atoms with Crippen LogP contribution in [0.25, 0.3) is 0 Å². The predicted octanol–water partition coefficient (Wildman–Crippen LogP) is 1.58. The van der Waals surface area contributed by atoms with E-state index in [2.05, 4.69) is 5.32 Å². The Kier molecular flexibility index (Phi) is 5.82. The number of aliphatic carboxylic acids is 1. The number of sulfone groups is 1. The molecule has 1 aromatic carbocycles. The zero-order valence-corrected chi connectivity index (χ0v) is 14.0. The lowest BCUT2D eigenvalue weighted by atomic mass is 9.78. The number of amides is 1. The van der Waals surface area contributed by atoms with E-state index in [9.17, 15) is 18.0 Å². The summed E-state index contributed by atoms with van der Waals surface area (Å²) in [6.45, 7) is 0.204. The van der Waals surface area contributed by atoms with E-state index in [0.717, 1.165) is 5.56 Å². The lowest BCUT2D eigenvalue weighted by Gasteiger charge is -2.35. The van der Waals surface area contributed by atoms with Gasteiger partial charge in [0.25, 0.3) is 0 Å². The van der Waals surface area contributed by atoms with Crippen LogP contribution in [0.5, 0.6) is 0 Å². The van der Waals surface area contributed by atoms with Crippen LogP contribution in [0, 0.1) is 5.41 Å². The molecular weight excluding hydrogens is 334 g/mol. The minimum absolute atomic E-state index is 0.0545. The van der Waals surface area contributed by atoms with Gasteiger partial charge in [0, 0.05) is 12.0 Å². The van der Waals surface area contributed by atoms with Gasteiger partial charge in [-0.2, -0.15) is 0 Å². The summed E-state index contributed by atoms with van der Waals surface area (Å²) in [5.41, 5.74) is 0.0970. The molecule has 1 saturated heterocycles. The summed E-state index contributed by atoms with van der Waals surface area (Å²) in [5.74, 6) is -1.11. The first-order valence-corrected chi connectivity index (χ1v) is 9.49. The van der Waals surface area contributed by atoms with Crippen LogP contribution in [0.2, 0.25) is 0 Å². The molecule has 0 aromatic heterocycles. The topological polar surface area (TPSA) is 110 Å². The number of hydrogen-bond donors (Lipinski definition) is 2. The Balaban J connectivity index is 1.88. The fourth-order valence-electron chi connectivity index (χ4n) is 2.74. The molecule has 1 amide bonds. The average molecular weight is 355 g/mol. The second-order valence-corrected chi connectivity index (χ2v) is 8.44. The zero-order valence-electron chi connectivity index (χ0n) is 13.2. The molecule has 0 bridgehead atoms. The number of nitrogens with one attached hydrogen (secondary N) is 1. The Bertz CT molecular complexity index is 672. The van der Waals surface area contributed by atoms with Crippen LogP contribution in [0.3, 0.4) is 0 Å². The minimum atomic E-state index is -3.11. The highest BCUT2D eigenvalue weighted by Gasteiger charge is 2.39. The van der Waals surface area contributed by atoms with E-state index in [1.165, 1.54) is 0 Å². The second kappa shape index (κ2) is 7.65. The van der Waals surface area contributed by atoms with Gasteiger partial charge in [0.2, 0.25) is 0 Å². The average Bonchev–Trinajstić information content (AvgIpc) is 2.54. The number of ether oxygens (including phenoxy) is 1. The first-order valence-electron chi connectivity index (χ1n) is 7.67. The van der Waals surface area contributed by atoms with Crippen molar-refractivity contribution in [2.24, 2.45) is 5.41 Å².